The highest BCUT2D eigenvalue weighted by Crippen LogP contribution is 2.59. The maximum Gasteiger partial charge on any atom is 0.244 e. The lowest BCUT2D eigenvalue weighted by Gasteiger charge is -2.20. The smallest absolute Gasteiger partial charge is 0.244 e. The van der Waals surface area contributed by atoms with E-state index in [-0.39, 0.29) is 17.2 Å². The fourth-order valence-corrected chi connectivity index (χ4v) is 4.41. The number of rotatable bonds is 6. The van der Waals surface area contributed by atoms with Crippen LogP contribution in [0.1, 0.15) is 47.6 Å². The molecule has 1 aliphatic rings. The molecule has 0 unspecified atom stereocenters. The van der Waals surface area contributed by atoms with Gasteiger partial charge < -0.3 is 0 Å². The highest BCUT2D eigenvalue weighted by atomic mass is 16.2. The average molecular weight is 397 g/mol. The normalized spacial score (nSPS) is 17.4. The number of nitrogens with one attached hydrogen (secondary N) is 1. The Labute approximate surface area is 178 Å². The minimum atomic E-state index is -0.281. The first kappa shape index (κ1) is 20.1. The maximum atomic E-state index is 13.2. The van der Waals surface area contributed by atoms with Crippen molar-refractivity contribution in [3.8, 4) is 0 Å². The molecule has 3 aromatic rings. The van der Waals surface area contributed by atoms with Gasteiger partial charge in [-0.3, -0.25) is 4.79 Å². The summed E-state index contributed by atoms with van der Waals surface area (Å²) >= 11 is 0. The average Bonchev–Trinajstić information content (AvgIpc) is 3.52. The Bertz CT molecular complexity index is 1040. The molecule has 1 aliphatic carbocycles. The van der Waals surface area contributed by atoms with Crippen LogP contribution in [0.4, 0.5) is 0 Å². The standard InChI is InChI=1S/C27H28N2O/c1-4-25(21-12-6-5-7-13-21)28-29-26(30)24-18-27(24,22-14-8-10-19(2)16-22)23-15-9-11-20(3)17-23/h5-17,24H,4,18H2,1-3H3,(H,29,30)/b28-25+/t24-/m0/s1. The third kappa shape index (κ3) is 3.80. The molecule has 0 aliphatic heterocycles. The van der Waals surface area contributed by atoms with E-state index in [0.717, 1.165) is 24.1 Å². The molecule has 3 heteroatoms. The van der Waals surface area contributed by atoms with Crippen LogP contribution in [0.5, 0.6) is 0 Å². The number of carbonyl (C=O) groups excluding carboxylic acids is 1. The molecule has 0 saturated heterocycles. The van der Waals surface area contributed by atoms with E-state index in [1.807, 2.05) is 30.3 Å². The van der Waals surface area contributed by atoms with Gasteiger partial charge in [0.25, 0.3) is 0 Å². The fourth-order valence-electron chi connectivity index (χ4n) is 4.41. The summed E-state index contributed by atoms with van der Waals surface area (Å²) in [5.74, 6) is -0.140. The van der Waals surface area contributed by atoms with Crippen LogP contribution in [0, 0.1) is 19.8 Å². The van der Waals surface area contributed by atoms with Crippen molar-refractivity contribution in [2.45, 2.75) is 39.0 Å². The predicted octanol–water partition coefficient (Wildman–Crippen LogP) is 5.54. The van der Waals surface area contributed by atoms with Crippen LogP contribution >= 0.6 is 0 Å². The van der Waals surface area contributed by atoms with Gasteiger partial charge in [0.1, 0.15) is 0 Å². The van der Waals surface area contributed by atoms with Crippen LogP contribution in [0.3, 0.4) is 0 Å². The third-order valence-corrected chi connectivity index (χ3v) is 6.09. The van der Waals surface area contributed by atoms with Crippen LogP contribution in [-0.4, -0.2) is 11.6 Å². The van der Waals surface area contributed by atoms with Crippen molar-refractivity contribution in [3.63, 3.8) is 0 Å². The molecule has 1 fully saturated rings. The second-order valence-corrected chi connectivity index (χ2v) is 8.22. The molecule has 1 N–H and O–H groups in total. The first-order chi connectivity index (χ1) is 14.5. The zero-order chi connectivity index (χ0) is 21.1. The first-order valence-electron chi connectivity index (χ1n) is 10.6. The molecular weight excluding hydrogens is 368 g/mol. The van der Waals surface area contributed by atoms with Crippen molar-refractivity contribution >= 4 is 11.6 Å². The Balaban J connectivity index is 1.63. The largest absolute Gasteiger partial charge is 0.273 e. The van der Waals surface area contributed by atoms with Crippen molar-refractivity contribution in [1.29, 1.82) is 0 Å². The van der Waals surface area contributed by atoms with Crippen LogP contribution < -0.4 is 5.43 Å². The van der Waals surface area contributed by atoms with Crippen molar-refractivity contribution in [3.05, 3.63) is 107 Å². The third-order valence-electron chi connectivity index (χ3n) is 6.09. The van der Waals surface area contributed by atoms with E-state index < -0.39 is 0 Å². The Morgan fingerprint density at radius 3 is 2.07 bits per heavy atom. The number of aryl methyl sites for hydroxylation is 2. The lowest BCUT2D eigenvalue weighted by atomic mass is 9.84. The Hall–Kier alpha value is -3.20. The topological polar surface area (TPSA) is 41.5 Å². The van der Waals surface area contributed by atoms with Crippen LogP contribution in [0.15, 0.2) is 84.0 Å². The van der Waals surface area contributed by atoms with Gasteiger partial charge in [-0.25, -0.2) is 5.43 Å². The van der Waals surface area contributed by atoms with Gasteiger partial charge >= 0.3 is 0 Å². The number of amides is 1. The van der Waals surface area contributed by atoms with E-state index in [1.54, 1.807) is 0 Å². The monoisotopic (exact) mass is 396 g/mol. The zero-order valence-corrected chi connectivity index (χ0v) is 17.9. The van der Waals surface area contributed by atoms with Gasteiger partial charge in [-0.15, -0.1) is 0 Å². The van der Waals surface area contributed by atoms with Crippen LogP contribution in [-0.2, 0) is 10.2 Å². The summed E-state index contributed by atoms with van der Waals surface area (Å²) in [5.41, 5.74) is 9.34. The number of nitrogens with zero attached hydrogens (tertiary/aromatic N) is 1. The molecular formula is C27H28N2O. The molecule has 1 atom stereocenters. The molecule has 0 heterocycles. The fraction of sp³-hybridized carbons (Fsp3) is 0.259. The van der Waals surface area contributed by atoms with E-state index in [0.29, 0.717) is 0 Å². The van der Waals surface area contributed by atoms with Crippen LogP contribution in [0.25, 0.3) is 0 Å². The Morgan fingerprint density at radius 2 is 1.53 bits per heavy atom. The summed E-state index contributed by atoms with van der Waals surface area (Å²) in [6, 6.07) is 27.1. The van der Waals surface area contributed by atoms with E-state index in [1.165, 1.54) is 22.3 Å². The van der Waals surface area contributed by atoms with Crippen molar-refractivity contribution in [2.24, 2.45) is 11.0 Å². The molecule has 152 valence electrons. The van der Waals surface area contributed by atoms with E-state index in [2.05, 4.69) is 79.8 Å². The second kappa shape index (κ2) is 8.27. The molecule has 4 rings (SSSR count). The highest BCUT2D eigenvalue weighted by Gasteiger charge is 2.60. The summed E-state index contributed by atoms with van der Waals surface area (Å²) in [4.78, 5) is 13.2. The van der Waals surface area contributed by atoms with Gasteiger partial charge in [-0.1, -0.05) is 96.9 Å². The second-order valence-electron chi connectivity index (χ2n) is 8.22. The highest BCUT2D eigenvalue weighted by molar-refractivity contribution is 6.01. The van der Waals surface area contributed by atoms with Gasteiger partial charge in [0, 0.05) is 5.41 Å². The number of carbonyl (C=O) groups is 1. The van der Waals surface area contributed by atoms with E-state index in [9.17, 15) is 4.79 Å². The first-order valence-corrected chi connectivity index (χ1v) is 10.6. The van der Waals surface area contributed by atoms with Gasteiger partial charge in [-0.05, 0) is 43.4 Å². The summed E-state index contributed by atoms with van der Waals surface area (Å²) in [6.07, 6.45) is 1.56. The van der Waals surface area contributed by atoms with Crippen LogP contribution in [0.2, 0.25) is 0 Å². The predicted molar refractivity (Wildman–Crippen MR) is 123 cm³/mol. The minimum Gasteiger partial charge on any atom is -0.273 e. The Morgan fingerprint density at radius 1 is 0.933 bits per heavy atom. The molecule has 0 bridgehead atoms. The van der Waals surface area contributed by atoms with Gasteiger partial charge in [0.05, 0.1) is 11.6 Å². The molecule has 30 heavy (non-hydrogen) atoms. The molecule has 3 aromatic carbocycles. The summed E-state index contributed by atoms with van der Waals surface area (Å²) in [6.45, 7) is 6.25. The van der Waals surface area contributed by atoms with Gasteiger partial charge in [0.15, 0.2) is 0 Å². The quantitative estimate of drug-likeness (QED) is 0.431. The lowest BCUT2D eigenvalue weighted by Crippen LogP contribution is -2.26. The maximum absolute atomic E-state index is 13.2. The lowest BCUT2D eigenvalue weighted by molar-refractivity contribution is -0.122. The molecule has 0 aromatic heterocycles. The molecule has 0 radical (unpaired) electrons. The molecule has 3 nitrogen and oxygen atoms in total. The van der Waals surface area contributed by atoms with E-state index >= 15 is 0 Å². The molecule has 0 spiro atoms. The zero-order valence-electron chi connectivity index (χ0n) is 17.9. The number of benzene rings is 3. The minimum absolute atomic E-state index is 0.0140. The van der Waals surface area contributed by atoms with E-state index in [4.69, 9.17) is 0 Å². The summed E-state index contributed by atoms with van der Waals surface area (Å²) in [5, 5.41) is 4.48. The summed E-state index contributed by atoms with van der Waals surface area (Å²) < 4.78 is 0. The number of hydrazone groups is 1. The van der Waals surface area contributed by atoms with Gasteiger partial charge in [-0.2, -0.15) is 5.10 Å². The number of hydrogen-bond acceptors (Lipinski definition) is 2. The summed E-state index contributed by atoms with van der Waals surface area (Å²) in [7, 11) is 0. The van der Waals surface area contributed by atoms with Crippen molar-refractivity contribution in [2.75, 3.05) is 0 Å². The van der Waals surface area contributed by atoms with Crippen molar-refractivity contribution in [1.82, 2.24) is 5.43 Å². The molecule has 1 amide bonds. The van der Waals surface area contributed by atoms with Crippen molar-refractivity contribution < 1.29 is 4.79 Å². The molecule has 1 saturated carbocycles. The Kier molecular flexibility index (Phi) is 5.54. The SMILES string of the molecule is CC/C(=N\NC(=O)[C@@H]1CC1(c1cccc(C)c1)c1cccc(C)c1)c1ccccc1. The number of hydrogen-bond donors (Lipinski definition) is 1. The van der Waals surface area contributed by atoms with Gasteiger partial charge in [0.2, 0.25) is 5.91 Å².